The monoisotopic (exact) mass is 263 g/mol. The van der Waals surface area contributed by atoms with Gasteiger partial charge in [0, 0.05) is 6.61 Å². The molecule has 0 radical (unpaired) electrons. The molecule has 1 unspecified atom stereocenters. The first-order chi connectivity index (χ1) is 9.28. The zero-order valence-corrected chi connectivity index (χ0v) is 11.0. The molecule has 1 fully saturated rings. The van der Waals surface area contributed by atoms with Crippen molar-refractivity contribution in [2.75, 3.05) is 13.2 Å². The van der Waals surface area contributed by atoms with E-state index in [4.69, 9.17) is 4.74 Å². The van der Waals surface area contributed by atoms with Gasteiger partial charge >= 0.3 is 0 Å². The highest BCUT2D eigenvalue weighted by molar-refractivity contribution is 5.76. The van der Waals surface area contributed by atoms with Crippen molar-refractivity contribution >= 4 is 5.91 Å². The summed E-state index contributed by atoms with van der Waals surface area (Å²) in [5.74, 6) is -0.0399. The van der Waals surface area contributed by atoms with Crippen LogP contribution in [0.25, 0.3) is 0 Å². The molecule has 1 aliphatic rings. The van der Waals surface area contributed by atoms with Crippen LogP contribution in [0.4, 0.5) is 0 Å². The molecule has 19 heavy (non-hydrogen) atoms. The molecule has 2 N–H and O–H groups in total. The molecular formula is C15H21NO3. The van der Waals surface area contributed by atoms with Crippen molar-refractivity contribution in [1.29, 1.82) is 0 Å². The van der Waals surface area contributed by atoms with Crippen molar-refractivity contribution in [3.05, 3.63) is 35.9 Å². The number of carbonyl (C=O) groups is 1. The van der Waals surface area contributed by atoms with Crippen LogP contribution in [0.15, 0.2) is 30.3 Å². The van der Waals surface area contributed by atoms with E-state index in [0.29, 0.717) is 12.8 Å². The van der Waals surface area contributed by atoms with Gasteiger partial charge in [-0.15, -0.1) is 0 Å². The maximum absolute atomic E-state index is 11.9. The number of ether oxygens (including phenoxy) is 1. The minimum Gasteiger partial charge on any atom is -0.394 e. The highest BCUT2D eigenvalue weighted by Gasteiger charge is 2.20. The smallest absolute Gasteiger partial charge is 0.222 e. The molecule has 104 valence electrons. The fourth-order valence-corrected chi connectivity index (χ4v) is 2.36. The molecule has 1 aromatic rings. The summed E-state index contributed by atoms with van der Waals surface area (Å²) in [6, 6.07) is 9.63. The van der Waals surface area contributed by atoms with Crippen LogP contribution in [0.3, 0.4) is 0 Å². The Labute approximate surface area is 113 Å². The molecule has 0 aromatic heterocycles. The lowest BCUT2D eigenvalue weighted by molar-refractivity contribution is -0.124. The van der Waals surface area contributed by atoms with Gasteiger partial charge in [0.1, 0.15) is 0 Å². The van der Waals surface area contributed by atoms with Gasteiger partial charge in [-0.05, 0) is 24.8 Å². The van der Waals surface area contributed by atoms with E-state index < -0.39 is 0 Å². The molecule has 1 heterocycles. The van der Waals surface area contributed by atoms with E-state index in [2.05, 4.69) is 5.32 Å². The second-order valence-corrected chi connectivity index (χ2v) is 4.98. The SMILES string of the molecule is O=C(CC1CCCO1)N[C@@H](CO)Cc1ccccc1. The lowest BCUT2D eigenvalue weighted by atomic mass is 10.1. The predicted octanol–water partition coefficient (Wildman–Crippen LogP) is 1.28. The first kappa shape index (κ1) is 14.0. The number of aliphatic hydroxyl groups is 1. The summed E-state index contributed by atoms with van der Waals surface area (Å²) in [4.78, 5) is 11.9. The zero-order chi connectivity index (χ0) is 13.5. The first-order valence-electron chi connectivity index (χ1n) is 6.83. The van der Waals surface area contributed by atoms with Crippen molar-refractivity contribution in [2.45, 2.75) is 37.8 Å². The van der Waals surface area contributed by atoms with Gasteiger partial charge in [-0.2, -0.15) is 0 Å². The van der Waals surface area contributed by atoms with Crippen molar-refractivity contribution in [3.8, 4) is 0 Å². The number of rotatable bonds is 6. The van der Waals surface area contributed by atoms with E-state index in [1.165, 1.54) is 0 Å². The van der Waals surface area contributed by atoms with Crippen LogP contribution in [0, 0.1) is 0 Å². The topological polar surface area (TPSA) is 58.6 Å². The molecule has 2 rings (SSSR count). The summed E-state index contributed by atoms with van der Waals surface area (Å²) in [6.07, 6.45) is 3.08. The summed E-state index contributed by atoms with van der Waals surface area (Å²) in [7, 11) is 0. The molecule has 2 atom stereocenters. The number of aliphatic hydroxyl groups excluding tert-OH is 1. The van der Waals surface area contributed by atoms with Crippen LogP contribution in [0.5, 0.6) is 0 Å². The molecule has 0 spiro atoms. The minimum absolute atomic E-state index is 0.0399. The Morgan fingerprint density at radius 1 is 1.42 bits per heavy atom. The van der Waals surface area contributed by atoms with Gasteiger partial charge in [0.15, 0.2) is 0 Å². The molecule has 1 saturated heterocycles. The van der Waals surface area contributed by atoms with Crippen LogP contribution < -0.4 is 5.32 Å². The van der Waals surface area contributed by atoms with E-state index in [9.17, 15) is 9.90 Å². The third-order valence-electron chi connectivity index (χ3n) is 3.35. The van der Waals surface area contributed by atoms with Gasteiger partial charge in [0.25, 0.3) is 0 Å². The average molecular weight is 263 g/mol. The highest BCUT2D eigenvalue weighted by atomic mass is 16.5. The number of benzene rings is 1. The van der Waals surface area contributed by atoms with Crippen molar-refractivity contribution in [3.63, 3.8) is 0 Å². The molecule has 0 saturated carbocycles. The van der Waals surface area contributed by atoms with E-state index in [1.54, 1.807) is 0 Å². The van der Waals surface area contributed by atoms with E-state index >= 15 is 0 Å². The second kappa shape index (κ2) is 7.26. The zero-order valence-electron chi connectivity index (χ0n) is 11.0. The fourth-order valence-electron chi connectivity index (χ4n) is 2.36. The predicted molar refractivity (Wildman–Crippen MR) is 72.8 cm³/mol. The third kappa shape index (κ3) is 4.65. The van der Waals surface area contributed by atoms with Crippen LogP contribution in [-0.2, 0) is 16.0 Å². The van der Waals surface area contributed by atoms with Crippen molar-refractivity contribution in [2.24, 2.45) is 0 Å². The highest BCUT2D eigenvalue weighted by Crippen LogP contribution is 2.15. The molecule has 1 amide bonds. The molecule has 4 nitrogen and oxygen atoms in total. The first-order valence-corrected chi connectivity index (χ1v) is 6.83. The second-order valence-electron chi connectivity index (χ2n) is 4.98. The maximum atomic E-state index is 11.9. The van der Waals surface area contributed by atoms with Crippen LogP contribution in [0.1, 0.15) is 24.8 Å². The van der Waals surface area contributed by atoms with Gasteiger partial charge in [-0.25, -0.2) is 0 Å². The van der Waals surface area contributed by atoms with Crippen LogP contribution in [-0.4, -0.2) is 36.4 Å². The number of nitrogens with one attached hydrogen (secondary N) is 1. The lowest BCUT2D eigenvalue weighted by Crippen LogP contribution is -2.40. The van der Waals surface area contributed by atoms with Gasteiger partial charge in [-0.1, -0.05) is 30.3 Å². The molecular weight excluding hydrogens is 242 g/mol. The van der Waals surface area contributed by atoms with Gasteiger partial charge in [0.2, 0.25) is 5.91 Å². The standard InChI is InChI=1S/C15H21NO3/c17-11-13(9-12-5-2-1-3-6-12)16-15(18)10-14-7-4-8-19-14/h1-3,5-6,13-14,17H,4,7-11H2,(H,16,18)/t13-,14?/m1/s1. The Morgan fingerprint density at radius 3 is 2.84 bits per heavy atom. The number of hydrogen-bond acceptors (Lipinski definition) is 3. The largest absolute Gasteiger partial charge is 0.394 e. The number of amides is 1. The summed E-state index contributed by atoms with van der Waals surface area (Å²) in [5, 5.41) is 12.2. The Balaban J connectivity index is 1.79. The van der Waals surface area contributed by atoms with E-state index in [0.717, 1.165) is 25.0 Å². The Morgan fingerprint density at radius 2 is 2.21 bits per heavy atom. The van der Waals surface area contributed by atoms with E-state index in [1.807, 2.05) is 30.3 Å². The van der Waals surface area contributed by atoms with Crippen molar-refractivity contribution < 1.29 is 14.6 Å². The van der Waals surface area contributed by atoms with E-state index in [-0.39, 0.29) is 24.7 Å². The van der Waals surface area contributed by atoms with Crippen LogP contribution in [0.2, 0.25) is 0 Å². The lowest BCUT2D eigenvalue weighted by Gasteiger charge is -2.17. The van der Waals surface area contributed by atoms with Gasteiger partial charge < -0.3 is 15.2 Å². The summed E-state index contributed by atoms with van der Waals surface area (Å²) in [6.45, 7) is 0.706. The summed E-state index contributed by atoms with van der Waals surface area (Å²) in [5.41, 5.74) is 1.11. The normalized spacial score (nSPS) is 20.2. The van der Waals surface area contributed by atoms with Crippen molar-refractivity contribution in [1.82, 2.24) is 5.32 Å². The number of hydrogen-bond donors (Lipinski definition) is 2. The summed E-state index contributed by atoms with van der Waals surface area (Å²) >= 11 is 0. The third-order valence-corrected chi connectivity index (χ3v) is 3.35. The molecule has 1 aromatic carbocycles. The molecule has 1 aliphatic heterocycles. The average Bonchev–Trinajstić information content (AvgIpc) is 2.92. The fraction of sp³-hybridized carbons (Fsp3) is 0.533. The van der Waals surface area contributed by atoms with Gasteiger partial charge in [-0.3, -0.25) is 4.79 Å². The molecule has 4 heteroatoms. The minimum atomic E-state index is -0.226. The molecule has 0 aliphatic carbocycles. The Kier molecular flexibility index (Phi) is 5.36. The van der Waals surface area contributed by atoms with Crippen LogP contribution >= 0.6 is 0 Å². The quantitative estimate of drug-likeness (QED) is 0.812. The Bertz CT molecular complexity index is 388. The maximum Gasteiger partial charge on any atom is 0.222 e. The van der Waals surface area contributed by atoms with Gasteiger partial charge in [0.05, 0.1) is 25.2 Å². The number of carbonyl (C=O) groups excluding carboxylic acids is 1. The summed E-state index contributed by atoms with van der Waals surface area (Å²) < 4.78 is 5.43. The Hall–Kier alpha value is -1.39. The molecule has 0 bridgehead atoms.